The Hall–Kier alpha value is -0.340. The lowest BCUT2D eigenvalue weighted by molar-refractivity contribution is 0.260. The van der Waals surface area contributed by atoms with E-state index in [1.165, 1.54) is 41.9 Å². The van der Waals surface area contributed by atoms with Crippen molar-refractivity contribution in [2.24, 2.45) is 17.8 Å². The number of rotatable bonds is 5. The molecule has 1 aromatic heterocycles. The molecule has 1 heterocycles. The van der Waals surface area contributed by atoms with Gasteiger partial charge in [-0.05, 0) is 62.5 Å². The molecular weight excluding hydrogens is 238 g/mol. The minimum Gasteiger partial charge on any atom is -0.309 e. The summed E-state index contributed by atoms with van der Waals surface area (Å²) in [7, 11) is 0. The van der Waals surface area contributed by atoms with Crippen molar-refractivity contribution in [1.82, 2.24) is 5.32 Å². The number of hydrogen-bond acceptors (Lipinski definition) is 2. The zero-order valence-electron chi connectivity index (χ0n) is 11.6. The van der Waals surface area contributed by atoms with E-state index in [1.54, 1.807) is 0 Å². The molecule has 2 heteroatoms. The molecule has 2 fully saturated rings. The van der Waals surface area contributed by atoms with Gasteiger partial charge in [0.15, 0.2) is 0 Å². The number of fused-ring (bicyclic) bond motifs is 2. The Labute approximate surface area is 115 Å². The molecule has 0 saturated heterocycles. The summed E-state index contributed by atoms with van der Waals surface area (Å²) in [6.45, 7) is 5.71. The van der Waals surface area contributed by atoms with E-state index in [0.29, 0.717) is 6.04 Å². The quantitative estimate of drug-likeness (QED) is 0.838. The van der Waals surface area contributed by atoms with Crippen LogP contribution in [0, 0.1) is 17.8 Å². The predicted molar refractivity (Wildman–Crippen MR) is 78.9 cm³/mol. The Bertz CT molecular complexity index is 398. The molecule has 4 atom stereocenters. The second kappa shape index (κ2) is 5.34. The molecule has 2 bridgehead atoms. The van der Waals surface area contributed by atoms with Crippen molar-refractivity contribution in [3.05, 3.63) is 21.9 Å². The van der Waals surface area contributed by atoms with Crippen LogP contribution in [0.3, 0.4) is 0 Å². The molecule has 0 spiro atoms. The van der Waals surface area contributed by atoms with Crippen molar-refractivity contribution in [2.45, 2.75) is 58.5 Å². The Kier molecular flexibility index (Phi) is 3.76. The van der Waals surface area contributed by atoms with Crippen LogP contribution in [-0.2, 0) is 13.0 Å². The first kappa shape index (κ1) is 12.7. The molecule has 18 heavy (non-hydrogen) atoms. The molecular formula is C16H25NS. The standard InChI is InChI=1S/C16H25NS/c1-3-14-6-7-15(18-14)10-17-11(2)16-9-12-4-5-13(16)8-12/h6-7,11-13,16-17H,3-5,8-10H2,1-2H3. The fraction of sp³-hybridized carbons (Fsp3) is 0.750. The van der Waals surface area contributed by atoms with Gasteiger partial charge in [0.2, 0.25) is 0 Å². The second-order valence-electron chi connectivity index (χ2n) is 6.23. The van der Waals surface area contributed by atoms with E-state index in [0.717, 1.165) is 24.3 Å². The van der Waals surface area contributed by atoms with Crippen LogP contribution in [-0.4, -0.2) is 6.04 Å². The van der Waals surface area contributed by atoms with E-state index in [1.807, 2.05) is 11.3 Å². The molecule has 0 radical (unpaired) electrons. The molecule has 1 N–H and O–H groups in total. The maximum atomic E-state index is 3.77. The van der Waals surface area contributed by atoms with E-state index >= 15 is 0 Å². The van der Waals surface area contributed by atoms with E-state index in [4.69, 9.17) is 0 Å². The van der Waals surface area contributed by atoms with Crippen LogP contribution in [0.5, 0.6) is 0 Å². The van der Waals surface area contributed by atoms with Crippen LogP contribution in [0.15, 0.2) is 12.1 Å². The normalized spacial score (nSPS) is 32.0. The average Bonchev–Trinajstić information content (AvgIpc) is 3.11. The SMILES string of the molecule is CCc1ccc(CNC(C)C2CC3CCC2C3)s1. The van der Waals surface area contributed by atoms with Crippen molar-refractivity contribution in [2.75, 3.05) is 0 Å². The van der Waals surface area contributed by atoms with Gasteiger partial charge in [-0.3, -0.25) is 0 Å². The van der Waals surface area contributed by atoms with Crippen molar-refractivity contribution in [1.29, 1.82) is 0 Å². The maximum Gasteiger partial charge on any atom is 0.0302 e. The van der Waals surface area contributed by atoms with Gasteiger partial charge in [-0.1, -0.05) is 13.3 Å². The number of nitrogens with one attached hydrogen (secondary N) is 1. The van der Waals surface area contributed by atoms with Crippen LogP contribution in [0.25, 0.3) is 0 Å². The van der Waals surface area contributed by atoms with E-state index in [-0.39, 0.29) is 0 Å². The summed E-state index contributed by atoms with van der Waals surface area (Å²) < 4.78 is 0. The van der Waals surface area contributed by atoms with Crippen molar-refractivity contribution < 1.29 is 0 Å². The largest absolute Gasteiger partial charge is 0.309 e. The Balaban J connectivity index is 1.50. The molecule has 0 aliphatic heterocycles. The third kappa shape index (κ3) is 2.50. The molecule has 0 amide bonds. The van der Waals surface area contributed by atoms with Gasteiger partial charge in [-0.15, -0.1) is 11.3 Å². The summed E-state index contributed by atoms with van der Waals surface area (Å²) in [4.78, 5) is 3.02. The first-order valence-corrected chi connectivity index (χ1v) is 8.39. The Morgan fingerprint density at radius 3 is 2.72 bits per heavy atom. The molecule has 2 aliphatic rings. The predicted octanol–water partition coefficient (Wildman–Crippen LogP) is 4.22. The van der Waals surface area contributed by atoms with E-state index < -0.39 is 0 Å². The van der Waals surface area contributed by atoms with Gasteiger partial charge in [0.1, 0.15) is 0 Å². The molecule has 4 unspecified atom stereocenters. The van der Waals surface area contributed by atoms with Crippen LogP contribution < -0.4 is 5.32 Å². The molecule has 100 valence electrons. The summed E-state index contributed by atoms with van der Waals surface area (Å²) in [6, 6.07) is 5.28. The lowest BCUT2D eigenvalue weighted by Gasteiger charge is -2.28. The molecule has 1 aromatic rings. The van der Waals surface area contributed by atoms with Gasteiger partial charge in [0, 0.05) is 22.3 Å². The highest BCUT2D eigenvalue weighted by Gasteiger charge is 2.41. The topological polar surface area (TPSA) is 12.0 Å². The van der Waals surface area contributed by atoms with Crippen molar-refractivity contribution >= 4 is 11.3 Å². The molecule has 0 aromatic carbocycles. The van der Waals surface area contributed by atoms with Crippen LogP contribution in [0.4, 0.5) is 0 Å². The fourth-order valence-corrected chi connectivity index (χ4v) is 4.94. The molecule has 2 saturated carbocycles. The summed E-state index contributed by atoms with van der Waals surface area (Å²) >= 11 is 1.97. The van der Waals surface area contributed by atoms with Gasteiger partial charge < -0.3 is 5.32 Å². The third-order valence-electron chi connectivity index (χ3n) is 5.10. The molecule has 1 nitrogen and oxygen atoms in total. The monoisotopic (exact) mass is 263 g/mol. The summed E-state index contributed by atoms with van der Waals surface area (Å²) in [5.74, 6) is 3.05. The minimum absolute atomic E-state index is 0.701. The third-order valence-corrected chi connectivity index (χ3v) is 6.33. The van der Waals surface area contributed by atoms with Gasteiger partial charge in [-0.25, -0.2) is 0 Å². The first-order valence-electron chi connectivity index (χ1n) is 7.57. The van der Waals surface area contributed by atoms with Crippen LogP contribution in [0.1, 0.15) is 49.3 Å². The number of thiophene rings is 1. The van der Waals surface area contributed by atoms with Gasteiger partial charge >= 0.3 is 0 Å². The number of hydrogen-bond donors (Lipinski definition) is 1. The van der Waals surface area contributed by atoms with Gasteiger partial charge in [0.25, 0.3) is 0 Å². The highest BCUT2D eigenvalue weighted by molar-refractivity contribution is 7.11. The Morgan fingerprint density at radius 1 is 1.28 bits per heavy atom. The lowest BCUT2D eigenvalue weighted by atomic mass is 9.84. The van der Waals surface area contributed by atoms with Crippen molar-refractivity contribution in [3.8, 4) is 0 Å². The Morgan fingerprint density at radius 2 is 2.11 bits per heavy atom. The van der Waals surface area contributed by atoms with E-state index in [9.17, 15) is 0 Å². The highest BCUT2D eigenvalue weighted by atomic mass is 32.1. The average molecular weight is 263 g/mol. The zero-order valence-corrected chi connectivity index (χ0v) is 12.4. The summed E-state index contributed by atoms with van der Waals surface area (Å²) in [5, 5.41) is 3.77. The molecule has 3 rings (SSSR count). The smallest absolute Gasteiger partial charge is 0.0302 e. The van der Waals surface area contributed by atoms with Crippen molar-refractivity contribution in [3.63, 3.8) is 0 Å². The van der Waals surface area contributed by atoms with Gasteiger partial charge in [0.05, 0.1) is 0 Å². The lowest BCUT2D eigenvalue weighted by Crippen LogP contribution is -2.35. The molecule has 2 aliphatic carbocycles. The number of aryl methyl sites for hydroxylation is 1. The van der Waals surface area contributed by atoms with Crippen LogP contribution in [0.2, 0.25) is 0 Å². The summed E-state index contributed by atoms with van der Waals surface area (Å²) in [6.07, 6.45) is 7.20. The zero-order chi connectivity index (χ0) is 12.5. The maximum absolute atomic E-state index is 3.77. The minimum atomic E-state index is 0.701. The van der Waals surface area contributed by atoms with Gasteiger partial charge in [-0.2, -0.15) is 0 Å². The van der Waals surface area contributed by atoms with Crippen LogP contribution >= 0.6 is 11.3 Å². The summed E-state index contributed by atoms with van der Waals surface area (Å²) in [5.41, 5.74) is 0. The second-order valence-corrected chi connectivity index (χ2v) is 7.48. The first-order chi connectivity index (χ1) is 8.76. The van der Waals surface area contributed by atoms with E-state index in [2.05, 4.69) is 31.3 Å². The highest BCUT2D eigenvalue weighted by Crippen LogP contribution is 2.49. The fourth-order valence-electron chi connectivity index (χ4n) is 4.03.